The summed E-state index contributed by atoms with van der Waals surface area (Å²) in [5, 5.41) is 4.09. The number of nitrogens with zero attached hydrogens (tertiary/aromatic N) is 2. The van der Waals surface area contributed by atoms with Crippen molar-refractivity contribution >= 4 is 16.8 Å². The van der Waals surface area contributed by atoms with Gasteiger partial charge in [0, 0.05) is 49.3 Å². The summed E-state index contributed by atoms with van der Waals surface area (Å²) in [7, 11) is 0. The Labute approximate surface area is 154 Å². The predicted molar refractivity (Wildman–Crippen MR) is 102 cm³/mol. The highest BCUT2D eigenvalue weighted by molar-refractivity contribution is 6.07. The number of carbonyl (C=O) groups excluding carboxylic acids is 1. The van der Waals surface area contributed by atoms with Gasteiger partial charge in [0.05, 0.1) is 16.7 Å². The van der Waals surface area contributed by atoms with E-state index in [1.54, 1.807) is 0 Å². The summed E-state index contributed by atoms with van der Waals surface area (Å²) in [5.74, 6) is -0.00507. The maximum absolute atomic E-state index is 13.2. The van der Waals surface area contributed by atoms with Gasteiger partial charge in [0.15, 0.2) is 0 Å². The summed E-state index contributed by atoms with van der Waals surface area (Å²) >= 11 is 0. The van der Waals surface area contributed by atoms with Crippen LogP contribution in [-0.4, -0.2) is 47.6 Å². The Morgan fingerprint density at radius 2 is 2.23 bits per heavy atom. The lowest BCUT2D eigenvalue weighted by Gasteiger charge is -2.29. The Balaban J connectivity index is 1.71. The zero-order valence-electron chi connectivity index (χ0n) is 15.7. The molecule has 0 bridgehead atoms. The Hall–Kier alpha value is -1.98. The minimum atomic E-state index is -0.242. The number of aromatic nitrogens is 1. The van der Waals surface area contributed by atoms with E-state index in [0.717, 1.165) is 73.2 Å². The number of pyridine rings is 1. The summed E-state index contributed by atoms with van der Waals surface area (Å²) in [5.41, 5.74) is 3.62. The molecule has 0 saturated carbocycles. The van der Waals surface area contributed by atoms with E-state index in [2.05, 4.69) is 24.1 Å². The second-order valence-electron chi connectivity index (χ2n) is 7.63. The number of fused-ring (bicyclic) bond motifs is 2. The molecule has 138 valence electrons. The quantitative estimate of drug-likeness (QED) is 0.918. The first kappa shape index (κ1) is 17.4. The van der Waals surface area contributed by atoms with Crippen LogP contribution in [0.5, 0.6) is 0 Å². The molecule has 0 radical (unpaired) electrons. The molecule has 5 nitrogen and oxygen atoms in total. The van der Waals surface area contributed by atoms with Crippen LogP contribution in [-0.2, 0) is 17.7 Å². The highest BCUT2D eigenvalue weighted by Crippen LogP contribution is 2.29. The van der Waals surface area contributed by atoms with E-state index < -0.39 is 0 Å². The van der Waals surface area contributed by atoms with Crippen LogP contribution in [0.15, 0.2) is 24.3 Å². The maximum atomic E-state index is 13.2. The van der Waals surface area contributed by atoms with Crippen molar-refractivity contribution in [1.82, 2.24) is 15.2 Å². The zero-order valence-corrected chi connectivity index (χ0v) is 15.7. The third-order valence-electron chi connectivity index (χ3n) is 5.72. The second-order valence-corrected chi connectivity index (χ2v) is 7.63. The number of para-hydroxylation sites is 1. The molecule has 2 aromatic rings. The van der Waals surface area contributed by atoms with Crippen LogP contribution in [0.3, 0.4) is 0 Å². The average molecular weight is 353 g/mol. The molecule has 26 heavy (non-hydrogen) atoms. The van der Waals surface area contributed by atoms with Crippen molar-refractivity contribution in [2.75, 3.05) is 26.2 Å². The first-order chi connectivity index (χ1) is 12.6. The van der Waals surface area contributed by atoms with Gasteiger partial charge in [-0.05, 0) is 32.4 Å². The number of amides is 1. The van der Waals surface area contributed by atoms with Crippen LogP contribution < -0.4 is 5.32 Å². The van der Waals surface area contributed by atoms with Crippen LogP contribution in [0.4, 0.5) is 0 Å². The Morgan fingerprint density at radius 1 is 1.38 bits per heavy atom. The van der Waals surface area contributed by atoms with Gasteiger partial charge in [-0.15, -0.1) is 0 Å². The molecule has 1 N–H and O–H groups in total. The molecule has 4 rings (SSSR count). The Bertz CT molecular complexity index is 827. The van der Waals surface area contributed by atoms with E-state index in [9.17, 15) is 4.79 Å². The highest BCUT2D eigenvalue weighted by atomic mass is 16.5. The lowest BCUT2D eigenvalue weighted by molar-refractivity contribution is 0.0206. The van der Waals surface area contributed by atoms with Gasteiger partial charge in [0.2, 0.25) is 0 Å². The molecule has 1 fully saturated rings. The fourth-order valence-electron chi connectivity index (χ4n) is 4.11. The average Bonchev–Trinajstić information content (AvgIpc) is 3.10. The van der Waals surface area contributed by atoms with Crippen LogP contribution in [0.1, 0.15) is 48.3 Å². The zero-order chi connectivity index (χ0) is 18.1. The number of nitrogens with one attached hydrogen (secondary N) is 1. The fourth-order valence-corrected chi connectivity index (χ4v) is 4.11. The molecule has 0 unspecified atom stereocenters. The van der Waals surface area contributed by atoms with Crippen molar-refractivity contribution in [3.05, 3.63) is 41.1 Å². The van der Waals surface area contributed by atoms with E-state index in [0.29, 0.717) is 6.54 Å². The van der Waals surface area contributed by atoms with Crippen molar-refractivity contribution in [1.29, 1.82) is 0 Å². The van der Waals surface area contributed by atoms with Gasteiger partial charge in [0.1, 0.15) is 0 Å². The minimum Gasteiger partial charge on any atom is -0.373 e. The summed E-state index contributed by atoms with van der Waals surface area (Å²) in [6.45, 7) is 8.36. The van der Waals surface area contributed by atoms with Gasteiger partial charge in [-0.3, -0.25) is 14.7 Å². The van der Waals surface area contributed by atoms with Gasteiger partial charge >= 0.3 is 0 Å². The predicted octanol–water partition coefficient (Wildman–Crippen LogP) is 2.91. The van der Waals surface area contributed by atoms with Crippen LogP contribution in [0, 0.1) is 0 Å². The first-order valence-corrected chi connectivity index (χ1v) is 9.65. The fraction of sp³-hybridized carbons (Fsp3) is 0.524. The van der Waals surface area contributed by atoms with E-state index in [-0.39, 0.29) is 11.5 Å². The second kappa shape index (κ2) is 6.97. The van der Waals surface area contributed by atoms with Crippen LogP contribution in [0.25, 0.3) is 10.9 Å². The Morgan fingerprint density at radius 3 is 3.00 bits per heavy atom. The SMILES string of the molecule is CCN1CCc2nc3ccccc3c(C(=O)NC[C@]3(C)CCCO3)c2C1. The van der Waals surface area contributed by atoms with Crippen molar-refractivity contribution in [3.8, 4) is 0 Å². The normalized spacial score (nSPS) is 23.2. The minimum absolute atomic E-state index is 0.00507. The van der Waals surface area contributed by atoms with Crippen molar-refractivity contribution in [2.24, 2.45) is 0 Å². The molecular formula is C21H27N3O2. The van der Waals surface area contributed by atoms with Crippen LogP contribution in [0.2, 0.25) is 0 Å². The topological polar surface area (TPSA) is 54.5 Å². The number of ether oxygens (including phenoxy) is 1. The van der Waals surface area contributed by atoms with Gasteiger partial charge in [0.25, 0.3) is 5.91 Å². The largest absolute Gasteiger partial charge is 0.373 e. The molecule has 0 aliphatic carbocycles. The molecular weight excluding hydrogens is 326 g/mol. The van der Waals surface area contributed by atoms with Crippen molar-refractivity contribution in [3.63, 3.8) is 0 Å². The van der Waals surface area contributed by atoms with Crippen molar-refractivity contribution in [2.45, 2.75) is 45.3 Å². The molecule has 1 atom stereocenters. The summed E-state index contributed by atoms with van der Waals surface area (Å²) in [6, 6.07) is 7.98. The highest BCUT2D eigenvalue weighted by Gasteiger charge is 2.31. The smallest absolute Gasteiger partial charge is 0.252 e. The molecule has 1 aromatic heterocycles. The summed E-state index contributed by atoms with van der Waals surface area (Å²) in [4.78, 5) is 20.4. The molecule has 2 aliphatic rings. The first-order valence-electron chi connectivity index (χ1n) is 9.65. The number of hydrogen-bond donors (Lipinski definition) is 1. The van der Waals surface area contributed by atoms with Crippen LogP contribution >= 0.6 is 0 Å². The Kier molecular flexibility index (Phi) is 4.67. The van der Waals surface area contributed by atoms with E-state index in [4.69, 9.17) is 9.72 Å². The van der Waals surface area contributed by atoms with E-state index in [1.807, 2.05) is 24.3 Å². The number of hydrogen-bond acceptors (Lipinski definition) is 4. The summed E-state index contributed by atoms with van der Waals surface area (Å²) in [6.07, 6.45) is 2.95. The molecule has 1 amide bonds. The van der Waals surface area contributed by atoms with Gasteiger partial charge in [-0.25, -0.2) is 0 Å². The molecule has 0 spiro atoms. The molecule has 2 aliphatic heterocycles. The van der Waals surface area contributed by atoms with Gasteiger partial charge in [-0.2, -0.15) is 0 Å². The third-order valence-corrected chi connectivity index (χ3v) is 5.72. The molecule has 1 aromatic carbocycles. The van der Waals surface area contributed by atoms with Crippen molar-refractivity contribution < 1.29 is 9.53 Å². The number of carbonyl (C=O) groups is 1. The maximum Gasteiger partial charge on any atom is 0.252 e. The van der Waals surface area contributed by atoms with E-state index >= 15 is 0 Å². The lowest BCUT2D eigenvalue weighted by Crippen LogP contribution is -2.41. The number of rotatable bonds is 4. The van der Waals surface area contributed by atoms with Gasteiger partial charge < -0.3 is 10.1 Å². The molecule has 3 heterocycles. The lowest BCUT2D eigenvalue weighted by atomic mass is 9.94. The summed E-state index contributed by atoms with van der Waals surface area (Å²) < 4.78 is 5.83. The number of likely N-dealkylation sites (N-methyl/N-ethyl adjacent to an activating group) is 1. The molecule has 5 heteroatoms. The van der Waals surface area contributed by atoms with E-state index in [1.165, 1.54) is 0 Å². The monoisotopic (exact) mass is 353 g/mol. The van der Waals surface area contributed by atoms with Gasteiger partial charge in [-0.1, -0.05) is 25.1 Å². The third kappa shape index (κ3) is 3.21. The standard InChI is InChI=1S/C21H27N3O2/c1-3-24-11-9-18-16(13-24)19(15-7-4-5-8-17(15)23-18)20(25)22-14-21(2)10-6-12-26-21/h4-5,7-8H,3,6,9-14H2,1-2H3,(H,22,25)/t21-/m0/s1. The molecule has 1 saturated heterocycles. The number of benzene rings is 1.